The summed E-state index contributed by atoms with van der Waals surface area (Å²) in [5.41, 5.74) is 6.29. The van der Waals surface area contributed by atoms with Crippen LogP contribution in [0.3, 0.4) is 0 Å². The predicted molar refractivity (Wildman–Crippen MR) is 80.5 cm³/mol. The van der Waals surface area contributed by atoms with E-state index in [0.29, 0.717) is 11.4 Å². The van der Waals surface area contributed by atoms with Crippen molar-refractivity contribution in [3.63, 3.8) is 0 Å². The molecule has 1 aromatic rings. The highest BCUT2D eigenvalue weighted by atomic mass is 35.5. The fourth-order valence-electron chi connectivity index (χ4n) is 1.90. The maximum Gasteiger partial charge on any atom is 0.257 e. The molecule has 7 heteroatoms. The number of hydrogen-bond donors (Lipinski definition) is 2. The molecule has 0 aliphatic heterocycles. The van der Waals surface area contributed by atoms with Crippen molar-refractivity contribution in [3.05, 3.63) is 22.7 Å². The number of methoxy groups -OCH3 is 1. The molecule has 0 heterocycles. The highest BCUT2D eigenvalue weighted by molar-refractivity contribution is 6.33. The van der Waals surface area contributed by atoms with Crippen LogP contribution in [0.2, 0.25) is 5.02 Å². The van der Waals surface area contributed by atoms with Gasteiger partial charge in [-0.05, 0) is 18.9 Å². The molecule has 1 aliphatic carbocycles. The summed E-state index contributed by atoms with van der Waals surface area (Å²) < 4.78 is 5.15. The highest BCUT2D eigenvalue weighted by Gasteiger charge is 2.25. The van der Waals surface area contributed by atoms with Gasteiger partial charge in [-0.1, -0.05) is 11.6 Å². The van der Waals surface area contributed by atoms with E-state index in [1.165, 1.54) is 24.1 Å². The molecule has 3 N–H and O–H groups in total. The molecule has 1 aliphatic rings. The number of nitrogens with two attached hydrogens (primary N) is 1. The summed E-state index contributed by atoms with van der Waals surface area (Å²) in [4.78, 5) is 25.4. The Hall–Kier alpha value is -1.95. The van der Waals surface area contributed by atoms with E-state index in [1.54, 1.807) is 7.05 Å². The number of ether oxygens (including phenoxy) is 1. The van der Waals surface area contributed by atoms with E-state index in [-0.39, 0.29) is 35.0 Å². The highest BCUT2D eigenvalue weighted by Crippen LogP contribution is 2.29. The normalized spacial score (nSPS) is 13.7. The average Bonchev–Trinajstić information content (AvgIpc) is 3.24. The van der Waals surface area contributed by atoms with Crippen molar-refractivity contribution in [2.24, 2.45) is 0 Å². The summed E-state index contributed by atoms with van der Waals surface area (Å²) in [6.07, 6.45) is 2.01. The number of hydrogen-bond acceptors (Lipinski definition) is 4. The summed E-state index contributed by atoms with van der Waals surface area (Å²) in [6.45, 7) is -0.0134. The molecular formula is C14H18ClN3O3. The molecule has 0 radical (unpaired) electrons. The van der Waals surface area contributed by atoms with Gasteiger partial charge in [0, 0.05) is 19.2 Å². The summed E-state index contributed by atoms with van der Waals surface area (Å²) in [5, 5.41) is 3.10. The van der Waals surface area contributed by atoms with Crippen LogP contribution in [0.5, 0.6) is 5.75 Å². The largest absolute Gasteiger partial charge is 0.496 e. The smallest absolute Gasteiger partial charge is 0.257 e. The average molecular weight is 312 g/mol. The first-order valence-electron chi connectivity index (χ1n) is 6.60. The number of nitrogens with zero attached hydrogens (tertiary/aromatic N) is 1. The second-order valence-electron chi connectivity index (χ2n) is 5.08. The Kier molecular flexibility index (Phi) is 4.57. The molecule has 2 amide bonds. The lowest BCUT2D eigenvalue weighted by molar-refractivity contribution is -0.121. The van der Waals surface area contributed by atoms with Crippen LogP contribution in [0.25, 0.3) is 0 Å². The molecule has 2 rings (SSSR count). The molecule has 1 fully saturated rings. The number of anilines is 1. The molecule has 21 heavy (non-hydrogen) atoms. The summed E-state index contributed by atoms with van der Waals surface area (Å²) in [6, 6.07) is 3.21. The minimum atomic E-state index is -0.348. The molecule has 6 nitrogen and oxygen atoms in total. The molecule has 1 aromatic carbocycles. The molecule has 1 saturated carbocycles. The number of nitrogen functional groups attached to an aromatic ring is 1. The summed E-state index contributed by atoms with van der Waals surface area (Å²) in [5.74, 6) is -0.190. The van der Waals surface area contributed by atoms with Crippen LogP contribution >= 0.6 is 11.6 Å². The van der Waals surface area contributed by atoms with E-state index in [4.69, 9.17) is 22.1 Å². The molecule has 0 spiro atoms. The zero-order valence-electron chi connectivity index (χ0n) is 12.0. The van der Waals surface area contributed by atoms with Gasteiger partial charge in [0.15, 0.2) is 0 Å². The van der Waals surface area contributed by atoms with E-state index >= 15 is 0 Å². The third kappa shape index (κ3) is 3.78. The van der Waals surface area contributed by atoms with E-state index in [9.17, 15) is 9.59 Å². The number of likely N-dealkylation sites (N-methyl/N-ethyl adjacent to an activating group) is 1. The van der Waals surface area contributed by atoms with Crippen molar-refractivity contribution in [3.8, 4) is 5.75 Å². The number of carbonyl (C=O) groups excluding carboxylic acids is 2. The fraction of sp³-hybridized carbons (Fsp3) is 0.429. The Morgan fingerprint density at radius 3 is 2.71 bits per heavy atom. The van der Waals surface area contributed by atoms with Crippen molar-refractivity contribution >= 4 is 29.1 Å². The van der Waals surface area contributed by atoms with E-state index in [1.807, 2.05) is 0 Å². The lowest BCUT2D eigenvalue weighted by Crippen LogP contribution is -2.39. The Labute approximate surface area is 128 Å². The first-order valence-corrected chi connectivity index (χ1v) is 6.98. The molecule has 0 bridgehead atoms. The van der Waals surface area contributed by atoms with Gasteiger partial charge in [0.25, 0.3) is 5.91 Å². The van der Waals surface area contributed by atoms with Gasteiger partial charge >= 0.3 is 0 Å². The van der Waals surface area contributed by atoms with Gasteiger partial charge in [-0.2, -0.15) is 0 Å². The predicted octanol–water partition coefficient (Wildman–Crippen LogP) is 1.28. The van der Waals surface area contributed by atoms with Gasteiger partial charge in [0.1, 0.15) is 5.75 Å². The number of amides is 2. The van der Waals surface area contributed by atoms with Crippen LogP contribution in [0.15, 0.2) is 12.1 Å². The van der Waals surface area contributed by atoms with Crippen molar-refractivity contribution < 1.29 is 14.3 Å². The molecular weight excluding hydrogens is 294 g/mol. The number of halogens is 1. The summed E-state index contributed by atoms with van der Waals surface area (Å²) >= 11 is 5.94. The molecule has 0 atom stereocenters. The maximum absolute atomic E-state index is 12.4. The van der Waals surface area contributed by atoms with Gasteiger partial charge in [0.05, 0.1) is 29.9 Å². The van der Waals surface area contributed by atoms with Crippen LogP contribution in [0.4, 0.5) is 5.69 Å². The topological polar surface area (TPSA) is 84.7 Å². The standard InChI is InChI=1S/C14H18ClN3O3/c1-18(7-13(19)17-8-3-4-8)14(20)9-5-10(15)11(16)6-12(9)21-2/h5-6,8H,3-4,7,16H2,1-2H3,(H,17,19). The zero-order valence-corrected chi connectivity index (χ0v) is 12.7. The fourth-order valence-corrected chi connectivity index (χ4v) is 2.06. The first-order chi connectivity index (χ1) is 9.92. The molecule has 0 unspecified atom stereocenters. The maximum atomic E-state index is 12.4. The Bertz CT molecular complexity index is 573. The molecule has 0 aromatic heterocycles. The number of rotatable bonds is 5. The monoisotopic (exact) mass is 311 g/mol. The van der Waals surface area contributed by atoms with Crippen molar-refractivity contribution in [1.82, 2.24) is 10.2 Å². The van der Waals surface area contributed by atoms with Crippen molar-refractivity contribution in [1.29, 1.82) is 0 Å². The van der Waals surface area contributed by atoms with E-state index < -0.39 is 0 Å². The third-order valence-electron chi connectivity index (χ3n) is 3.22. The van der Waals surface area contributed by atoms with Gasteiger partial charge < -0.3 is 20.7 Å². The van der Waals surface area contributed by atoms with Gasteiger partial charge in [-0.3, -0.25) is 9.59 Å². The number of nitrogens with one attached hydrogen (secondary N) is 1. The Morgan fingerprint density at radius 2 is 2.14 bits per heavy atom. The van der Waals surface area contributed by atoms with Crippen molar-refractivity contribution in [2.45, 2.75) is 18.9 Å². The minimum absolute atomic E-state index is 0.0134. The minimum Gasteiger partial charge on any atom is -0.496 e. The van der Waals surface area contributed by atoms with Gasteiger partial charge in [-0.15, -0.1) is 0 Å². The number of carbonyl (C=O) groups is 2. The lowest BCUT2D eigenvalue weighted by atomic mass is 10.1. The zero-order chi connectivity index (χ0) is 15.6. The summed E-state index contributed by atoms with van der Waals surface area (Å²) in [7, 11) is 3.00. The van der Waals surface area contributed by atoms with Crippen LogP contribution < -0.4 is 15.8 Å². The van der Waals surface area contributed by atoms with Gasteiger partial charge in [-0.25, -0.2) is 0 Å². The van der Waals surface area contributed by atoms with Crippen LogP contribution in [0, 0.1) is 0 Å². The van der Waals surface area contributed by atoms with E-state index in [0.717, 1.165) is 12.8 Å². The van der Waals surface area contributed by atoms with Gasteiger partial charge in [0.2, 0.25) is 5.91 Å². The first kappa shape index (κ1) is 15.4. The van der Waals surface area contributed by atoms with Crippen molar-refractivity contribution in [2.75, 3.05) is 26.4 Å². The second kappa shape index (κ2) is 6.22. The third-order valence-corrected chi connectivity index (χ3v) is 3.55. The Morgan fingerprint density at radius 1 is 1.48 bits per heavy atom. The van der Waals surface area contributed by atoms with Crippen LogP contribution in [-0.4, -0.2) is 43.5 Å². The SMILES string of the molecule is COc1cc(N)c(Cl)cc1C(=O)N(C)CC(=O)NC1CC1. The van der Waals surface area contributed by atoms with E-state index in [2.05, 4.69) is 5.32 Å². The Balaban J connectivity index is 2.10. The quantitative estimate of drug-likeness (QED) is 0.802. The second-order valence-corrected chi connectivity index (χ2v) is 5.48. The lowest BCUT2D eigenvalue weighted by Gasteiger charge is -2.19. The number of benzene rings is 1. The van der Waals surface area contributed by atoms with Crippen LogP contribution in [0.1, 0.15) is 23.2 Å². The molecule has 0 saturated heterocycles. The molecule has 114 valence electrons. The van der Waals surface area contributed by atoms with Crippen LogP contribution in [-0.2, 0) is 4.79 Å².